The molecule has 6 rings (SSSR count). The molecule has 3 N–H and O–H groups in total. The molecule has 4 atom stereocenters. The number of hydrogen-bond acceptors (Lipinski definition) is 7. The first-order chi connectivity index (χ1) is 26.6. The zero-order chi connectivity index (χ0) is 38.8. The second kappa shape index (κ2) is 18.6. The molecule has 10 heteroatoms. The molecule has 1 amide bonds. The lowest BCUT2D eigenvalue weighted by atomic mass is 9.99. The summed E-state index contributed by atoms with van der Waals surface area (Å²) < 4.78 is 42.3. The fourth-order valence-electron chi connectivity index (χ4n) is 6.69. The molecule has 0 radical (unpaired) electrons. The van der Waals surface area contributed by atoms with E-state index >= 15 is 0 Å². The largest absolute Gasteiger partial charge is 0.392 e. The molecule has 1 aliphatic rings. The fourth-order valence-corrected chi connectivity index (χ4v) is 7.89. The number of sulfonamides is 1. The summed E-state index contributed by atoms with van der Waals surface area (Å²) in [6, 6.07) is 38.8. The van der Waals surface area contributed by atoms with Gasteiger partial charge in [0.2, 0.25) is 15.9 Å². The van der Waals surface area contributed by atoms with Gasteiger partial charge in [-0.1, -0.05) is 121 Å². The first-order valence-corrected chi connectivity index (χ1v) is 20.0. The molecule has 55 heavy (non-hydrogen) atoms. The third-order valence-electron chi connectivity index (χ3n) is 9.71. The quantitative estimate of drug-likeness (QED) is 0.0927. The third kappa shape index (κ3) is 10.9. The monoisotopic (exact) mass is 759 g/mol. The van der Waals surface area contributed by atoms with Crippen LogP contribution in [0.4, 0.5) is 0 Å². The van der Waals surface area contributed by atoms with Gasteiger partial charge in [-0.15, -0.1) is 6.58 Å². The van der Waals surface area contributed by atoms with Gasteiger partial charge in [0, 0.05) is 31.6 Å². The van der Waals surface area contributed by atoms with Crippen LogP contribution in [0.5, 0.6) is 0 Å². The maximum absolute atomic E-state index is 13.6. The molecule has 5 aromatic rings. The Bertz CT molecular complexity index is 2120. The molecule has 1 fully saturated rings. The Kier molecular flexibility index (Phi) is 13.4. The first-order valence-electron chi connectivity index (χ1n) is 18.5. The van der Waals surface area contributed by atoms with Crippen LogP contribution in [0.2, 0.25) is 0 Å². The summed E-state index contributed by atoms with van der Waals surface area (Å²) in [7, 11) is -1.91. The van der Waals surface area contributed by atoms with E-state index in [2.05, 4.69) is 21.5 Å². The number of nitrogens with one attached hydrogen (secondary N) is 2. The zero-order valence-corrected chi connectivity index (χ0v) is 32.1. The minimum absolute atomic E-state index is 0.00941. The molecule has 5 aromatic carbocycles. The Labute approximate surface area is 324 Å². The molecule has 1 heterocycles. The minimum atomic E-state index is -3.95. The van der Waals surface area contributed by atoms with Crippen LogP contribution < -0.4 is 10.0 Å². The van der Waals surface area contributed by atoms with Crippen molar-refractivity contribution in [2.24, 2.45) is 0 Å². The fraction of sp³-hybridized carbons (Fsp3) is 0.267. The summed E-state index contributed by atoms with van der Waals surface area (Å²) in [5, 5.41) is 12.5. The maximum Gasteiger partial charge on any atom is 0.241 e. The number of aliphatic hydroxyl groups is 1. The Morgan fingerprint density at radius 3 is 2.24 bits per heavy atom. The number of amides is 1. The molecule has 0 spiro atoms. The van der Waals surface area contributed by atoms with Gasteiger partial charge in [0.25, 0.3) is 0 Å². The standard InChI is InChI=1S/C45H49N3O6S/c1-4-25-48(3)30-40-28-43(37-17-15-34(31-49)16-18-37)54-45(53-40)38-21-19-36(20-22-38)39-12-8-11-35(26-39)29-46-44(50)42(27-33-9-6-5-7-10-33)47-55(51,52)41-23-13-32(2)14-24-41/h4-24,26,40,42-43,45,47,49H,1,25,27-31H2,2-3H3,(H,46,50)/t40-,42+,43+,45+/m0/s1. The molecule has 0 unspecified atom stereocenters. The Balaban J connectivity index is 1.14. The van der Waals surface area contributed by atoms with Crippen molar-refractivity contribution >= 4 is 15.9 Å². The van der Waals surface area contributed by atoms with Crippen molar-refractivity contribution in [3.63, 3.8) is 0 Å². The molecule has 0 aromatic heterocycles. The van der Waals surface area contributed by atoms with Crippen molar-refractivity contribution in [2.45, 2.75) is 62.4 Å². The molecular weight excluding hydrogens is 711 g/mol. The zero-order valence-electron chi connectivity index (χ0n) is 31.3. The highest BCUT2D eigenvalue weighted by molar-refractivity contribution is 7.89. The Morgan fingerprint density at radius 2 is 1.55 bits per heavy atom. The van der Waals surface area contributed by atoms with Gasteiger partial charge in [-0.3, -0.25) is 4.79 Å². The summed E-state index contributed by atoms with van der Waals surface area (Å²) in [5.74, 6) is -0.418. The highest BCUT2D eigenvalue weighted by Gasteiger charge is 2.33. The molecule has 1 saturated heterocycles. The Hall–Kier alpha value is -4.94. The number of aliphatic hydroxyl groups excluding tert-OH is 1. The third-order valence-corrected chi connectivity index (χ3v) is 11.2. The smallest absolute Gasteiger partial charge is 0.241 e. The number of hydrogen-bond donors (Lipinski definition) is 3. The van der Waals surface area contributed by atoms with E-state index in [1.807, 2.05) is 123 Å². The van der Waals surface area contributed by atoms with Crippen LogP contribution in [0.15, 0.2) is 145 Å². The van der Waals surface area contributed by atoms with Crippen molar-refractivity contribution in [1.82, 2.24) is 14.9 Å². The van der Waals surface area contributed by atoms with E-state index in [1.54, 1.807) is 24.3 Å². The van der Waals surface area contributed by atoms with Crippen LogP contribution >= 0.6 is 0 Å². The summed E-state index contributed by atoms with van der Waals surface area (Å²) in [6.45, 7) is 7.44. The van der Waals surface area contributed by atoms with Crippen LogP contribution in [-0.4, -0.2) is 56.6 Å². The van der Waals surface area contributed by atoms with Crippen molar-refractivity contribution < 1.29 is 27.8 Å². The van der Waals surface area contributed by atoms with Crippen LogP contribution in [0.3, 0.4) is 0 Å². The van der Waals surface area contributed by atoms with E-state index in [1.165, 1.54) is 0 Å². The molecule has 0 bridgehead atoms. The molecular formula is C45H49N3O6S. The average Bonchev–Trinajstić information content (AvgIpc) is 3.20. The molecule has 0 aliphatic carbocycles. The van der Waals surface area contributed by atoms with Crippen molar-refractivity contribution in [3.05, 3.63) is 173 Å². The second-order valence-electron chi connectivity index (χ2n) is 14.1. The van der Waals surface area contributed by atoms with E-state index in [4.69, 9.17) is 9.47 Å². The molecule has 286 valence electrons. The lowest BCUT2D eigenvalue weighted by molar-refractivity contribution is -0.252. The predicted molar refractivity (Wildman–Crippen MR) is 215 cm³/mol. The summed E-state index contributed by atoms with van der Waals surface area (Å²) in [5.41, 5.74) is 7.40. The number of aryl methyl sites for hydroxylation is 1. The van der Waals surface area contributed by atoms with Gasteiger partial charge in [-0.2, -0.15) is 4.72 Å². The number of nitrogens with zero attached hydrogens (tertiary/aromatic N) is 1. The first kappa shape index (κ1) is 39.7. The average molecular weight is 760 g/mol. The lowest BCUT2D eigenvalue weighted by Gasteiger charge is -2.37. The van der Waals surface area contributed by atoms with Crippen molar-refractivity contribution in [3.8, 4) is 11.1 Å². The molecule has 1 aliphatic heterocycles. The molecule has 0 saturated carbocycles. The Morgan fingerprint density at radius 1 is 0.855 bits per heavy atom. The number of rotatable bonds is 16. The number of likely N-dealkylation sites (N-methyl/N-ethyl adjacent to an activating group) is 1. The van der Waals surface area contributed by atoms with Gasteiger partial charge in [-0.05, 0) is 72.0 Å². The van der Waals surface area contributed by atoms with E-state index < -0.39 is 28.3 Å². The summed E-state index contributed by atoms with van der Waals surface area (Å²) >= 11 is 0. The second-order valence-corrected chi connectivity index (χ2v) is 15.8. The van der Waals surface area contributed by atoms with Gasteiger partial charge in [0.15, 0.2) is 6.29 Å². The lowest BCUT2D eigenvalue weighted by Crippen LogP contribution is -2.47. The number of carbonyl (C=O) groups is 1. The molecule has 9 nitrogen and oxygen atoms in total. The normalized spacial score (nSPS) is 17.8. The SMILES string of the molecule is C=CCN(C)C[C@@H]1C[C@H](c2ccc(CO)cc2)O[C@H](c2ccc(-c3cccc(CNC(=O)[C@@H](Cc4ccccc4)NS(=O)(=O)c4ccc(C)cc4)c3)cc2)O1. The maximum atomic E-state index is 13.6. The highest BCUT2D eigenvalue weighted by atomic mass is 32.2. The van der Waals surface area contributed by atoms with Crippen LogP contribution in [0.25, 0.3) is 11.1 Å². The van der Waals surface area contributed by atoms with E-state index in [9.17, 15) is 18.3 Å². The van der Waals surface area contributed by atoms with E-state index in [0.29, 0.717) is 6.42 Å². The number of ether oxygens (including phenoxy) is 2. The van der Waals surface area contributed by atoms with Crippen LogP contribution in [-0.2, 0) is 43.9 Å². The van der Waals surface area contributed by atoms with E-state index in [-0.39, 0.29) is 36.7 Å². The topological polar surface area (TPSA) is 117 Å². The summed E-state index contributed by atoms with van der Waals surface area (Å²) in [4.78, 5) is 15.9. The number of benzene rings is 5. The van der Waals surface area contributed by atoms with Crippen molar-refractivity contribution in [1.29, 1.82) is 0 Å². The van der Waals surface area contributed by atoms with Gasteiger partial charge in [0.1, 0.15) is 6.04 Å². The van der Waals surface area contributed by atoms with Crippen LogP contribution in [0, 0.1) is 6.92 Å². The van der Waals surface area contributed by atoms with Gasteiger partial charge in [0.05, 0.1) is 23.7 Å². The van der Waals surface area contributed by atoms with E-state index in [0.717, 1.165) is 57.6 Å². The van der Waals surface area contributed by atoms with Gasteiger partial charge in [-0.25, -0.2) is 8.42 Å². The summed E-state index contributed by atoms with van der Waals surface area (Å²) in [6.07, 6.45) is 1.96. The van der Waals surface area contributed by atoms with Crippen LogP contribution in [0.1, 0.15) is 52.2 Å². The minimum Gasteiger partial charge on any atom is -0.392 e. The highest BCUT2D eigenvalue weighted by Crippen LogP contribution is 2.38. The van der Waals surface area contributed by atoms with Gasteiger partial charge < -0.3 is 24.8 Å². The van der Waals surface area contributed by atoms with Gasteiger partial charge >= 0.3 is 0 Å². The number of carbonyl (C=O) groups excluding carboxylic acids is 1. The van der Waals surface area contributed by atoms with Crippen molar-refractivity contribution in [2.75, 3.05) is 20.1 Å². The predicted octanol–water partition coefficient (Wildman–Crippen LogP) is 7.02.